The number of aryl methyl sites for hydroxylation is 1. The Morgan fingerprint density at radius 2 is 2.00 bits per heavy atom. The van der Waals surface area contributed by atoms with Crippen LogP contribution in [0.2, 0.25) is 0 Å². The molecule has 0 bridgehead atoms. The molecule has 1 aromatic carbocycles. The highest BCUT2D eigenvalue weighted by Crippen LogP contribution is 2.26. The highest BCUT2D eigenvalue weighted by molar-refractivity contribution is 5.98. The lowest BCUT2D eigenvalue weighted by molar-refractivity contribution is 0.0802. The Bertz CT molecular complexity index is 753. The molecule has 1 fully saturated rings. The minimum atomic E-state index is -0.0149. The third kappa shape index (κ3) is 3.81. The van der Waals surface area contributed by atoms with Gasteiger partial charge < -0.3 is 9.80 Å². The Morgan fingerprint density at radius 3 is 2.68 bits per heavy atom. The average molecular weight is 338 g/mol. The van der Waals surface area contributed by atoms with Crippen LogP contribution in [-0.4, -0.2) is 47.5 Å². The van der Waals surface area contributed by atoms with Crippen LogP contribution in [0.15, 0.2) is 30.5 Å². The predicted octanol–water partition coefficient (Wildman–Crippen LogP) is 3.53. The summed E-state index contributed by atoms with van der Waals surface area (Å²) in [6.45, 7) is 6.59. The SMILES string of the molecule is CCN(C)C(=O)c1cnc(-c2cccc(C)c2)nc1N1CCCCC1. The van der Waals surface area contributed by atoms with Crippen molar-refractivity contribution in [3.05, 3.63) is 41.6 Å². The van der Waals surface area contributed by atoms with E-state index in [9.17, 15) is 4.79 Å². The van der Waals surface area contributed by atoms with E-state index in [2.05, 4.69) is 28.9 Å². The van der Waals surface area contributed by atoms with Gasteiger partial charge in [0.25, 0.3) is 5.91 Å². The second kappa shape index (κ2) is 7.64. The molecule has 2 aromatic rings. The lowest BCUT2D eigenvalue weighted by atomic mass is 10.1. The van der Waals surface area contributed by atoms with Crippen molar-refractivity contribution in [2.24, 2.45) is 0 Å². The van der Waals surface area contributed by atoms with Crippen LogP contribution in [-0.2, 0) is 0 Å². The van der Waals surface area contributed by atoms with Crippen LogP contribution < -0.4 is 4.90 Å². The van der Waals surface area contributed by atoms with Gasteiger partial charge in [-0.1, -0.05) is 23.8 Å². The van der Waals surface area contributed by atoms with Gasteiger partial charge in [-0.15, -0.1) is 0 Å². The van der Waals surface area contributed by atoms with E-state index < -0.39 is 0 Å². The Kier molecular flexibility index (Phi) is 5.31. The Morgan fingerprint density at radius 1 is 1.24 bits per heavy atom. The summed E-state index contributed by atoms with van der Waals surface area (Å²) in [7, 11) is 1.82. The van der Waals surface area contributed by atoms with Gasteiger partial charge in [-0.25, -0.2) is 9.97 Å². The van der Waals surface area contributed by atoms with Gasteiger partial charge >= 0.3 is 0 Å². The number of rotatable bonds is 4. The minimum absolute atomic E-state index is 0.0149. The molecule has 5 nitrogen and oxygen atoms in total. The fourth-order valence-electron chi connectivity index (χ4n) is 3.14. The summed E-state index contributed by atoms with van der Waals surface area (Å²) in [5.74, 6) is 1.44. The van der Waals surface area contributed by atoms with Crippen LogP contribution >= 0.6 is 0 Å². The van der Waals surface area contributed by atoms with Crippen LogP contribution in [0.5, 0.6) is 0 Å². The molecule has 0 spiro atoms. The standard InChI is InChI=1S/C20H26N4O/c1-4-23(3)20(25)17-14-21-18(16-10-8-9-15(2)13-16)22-19(17)24-11-6-5-7-12-24/h8-10,13-14H,4-7,11-12H2,1-3H3. The zero-order chi connectivity index (χ0) is 17.8. The van der Waals surface area contributed by atoms with E-state index in [-0.39, 0.29) is 5.91 Å². The molecule has 1 aliphatic heterocycles. The molecule has 1 aliphatic rings. The van der Waals surface area contributed by atoms with Crippen LogP contribution in [0.4, 0.5) is 5.82 Å². The zero-order valence-corrected chi connectivity index (χ0v) is 15.3. The summed E-state index contributed by atoms with van der Waals surface area (Å²) >= 11 is 0. The van der Waals surface area contributed by atoms with Crippen LogP contribution in [0.1, 0.15) is 42.1 Å². The summed E-state index contributed by atoms with van der Waals surface area (Å²) < 4.78 is 0. The number of amides is 1. The molecule has 0 aliphatic carbocycles. The summed E-state index contributed by atoms with van der Waals surface area (Å²) in [5.41, 5.74) is 2.76. The summed E-state index contributed by atoms with van der Waals surface area (Å²) in [4.78, 5) is 26.0. The smallest absolute Gasteiger partial charge is 0.258 e. The highest BCUT2D eigenvalue weighted by atomic mass is 16.2. The molecular weight excluding hydrogens is 312 g/mol. The monoisotopic (exact) mass is 338 g/mol. The molecule has 0 saturated carbocycles. The number of hydrogen-bond donors (Lipinski definition) is 0. The number of carbonyl (C=O) groups is 1. The molecule has 25 heavy (non-hydrogen) atoms. The second-order valence-corrected chi connectivity index (χ2v) is 6.67. The summed E-state index contributed by atoms with van der Waals surface area (Å²) in [6.07, 6.45) is 5.22. The number of aromatic nitrogens is 2. The van der Waals surface area contributed by atoms with Crippen molar-refractivity contribution in [1.29, 1.82) is 0 Å². The van der Waals surface area contributed by atoms with Gasteiger partial charge in [-0.2, -0.15) is 0 Å². The molecule has 0 unspecified atom stereocenters. The van der Waals surface area contributed by atoms with Crippen molar-refractivity contribution in [2.45, 2.75) is 33.1 Å². The van der Waals surface area contributed by atoms with E-state index in [0.29, 0.717) is 17.9 Å². The number of piperidine rings is 1. The van der Waals surface area contributed by atoms with Crippen LogP contribution in [0, 0.1) is 6.92 Å². The van der Waals surface area contributed by atoms with Gasteiger partial charge in [-0.05, 0) is 39.2 Å². The van der Waals surface area contributed by atoms with Gasteiger partial charge in [-0.3, -0.25) is 4.79 Å². The largest absolute Gasteiger partial charge is 0.356 e. The summed E-state index contributed by atoms with van der Waals surface area (Å²) in [6, 6.07) is 8.17. The maximum absolute atomic E-state index is 12.8. The number of hydrogen-bond acceptors (Lipinski definition) is 4. The third-order valence-corrected chi connectivity index (χ3v) is 4.75. The first-order valence-electron chi connectivity index (χ1n) is 9.04. The Labute approximate surface area is 149 Å². The van der Waals surface area contributed by atoms with Crippen LogP contribution in [0.3, 0.4) is 0 Å². The van der Waals surface area contributed by atoms with E-state index in [1.54, 1.807) is 11.1 Å². The first kappa shape index (κ1) is 17.4. The third-order valence-electron chi connectivity index (χ3n) is 4.75. The molecule has 2 heterocycles. The van der Waals surface area contributed by atoms with E-state index in [0.717, 1.165) is 37.3 Å². The van der Waals surface area contributed by atoms with Gasteiger partial charge in [0.05, 0.1) is 0 Å². The molecule has 5 heteroatoms. The topological polar surface area (TPSA) is 49.3 Å². The van der Waals surface area contributed by atoms with Crippen molar-refractivity contribution in [2.75, 3.05) is 31.6 Å². The fraction of sp³-hybridized carbons (Fsp3) is 0.450. The Hall–Kier alpha value is -2.43. The van der Waals surface area contributed by atoms with E-state index >= 15 is 0 Å². The lowest BCUT2D eigenvalue weighted by Crippen LogP contribution is -2.34. The molecule has 1 saturated heterocycles. The van der Waals surface area contributed by atoms with Gasteiger partial charge in [0.2, 0.25) is 0 Å². The second-order valence-electron chi connectivity index (χ2n) is 6.67. The molecule has 0 N–H and O–H groups in total. The molecule has 132 valence electrons. The zero-order valence-electron chi connectivity index (χ0n) is 15.3. The lowest BCUT2D eigenvalue weighted by Gasteiger charge is -2.30. The van der Waals surface area contributed by atoms with E-state index in [1.807, 2.05) is 26.1 Å². The molecule has 3 rings (SSSR count). The fourth-order valence-corrected chi connectivity index (χ4v) is 3.14. The van der Waals surface area contributed by atoms with Crippen LogP contribution in [0.25, 0.3) is 11.4 Å². The first-order valence-corrected chi connectivity index (χ1v) is 9.04. The average Bonchev–Trinajstić information content (AvgIpc) is 2.67. The van der Waals surface area contributed by atoms with Gasteiger partial charge in [0, 0.05) is 38.4 Å². The molecule has 0 atom stereocenters. The maximum Gasteiger partial charge on any atom is 0.258 e. The number of anilines is 1. The molecular formula is C20H26N4O. The number of carbonyl (C=O) groups excluding carboxylic acids is 1. The van der Waals surface area contributed by atoms with Gasteiger partial charge in [0.15, 0.2) is 5.82 Å². The predicted molar refractivity (Wildman–Crippen MR) is 101 cm³/mol. The minimum Gasteiger partial charge on any atom is -0.356 e. The van der Waals surface area contributed by atoms with E-state index in [1.165, 1.54) is 12.0 Å². The normalized spacial score (nSPS) is 14.4. The number of benzene rings is 1. The van der Waals surface area contributed by atoms with Crippen molar-refractivity contribution in [1.82, 2.24) is 14.9 Å². The quantitative estimate of drug-likeness (QED) is 0.856. The molecule has 0 radical (unpaired) electrons. The summed E-state index contributed by atoms with van der Waals surface area (Å²) in [5, 5.41) is 0. The van der Waals surface area contributed by atoms with Crippen molar-refractivity contribution in [3.63, 3.8) is 0 Å². The van der Waals surface area contributed by atoms with Crippen molar-refractivity contribution in [3.8, 4) is 11.4 Å². The molecule has 1 amide bonds. The van der Waals surface area contributed by atoms with Crippen molar-refractivity contribution >= 4 is 11.7 Å². The maximum atomic E-state index is 12.8. The highest BCUT2D eigenvalue weighted by Gasteiger charge is 2.23. The molecule has 1 aromatic heterocycles. The van der Waals surface area contributed by atoms with E-state index in [4.69, 9.17) is 4.98 Å². The number of nitrogens with zero attached hydrogens (tertiary/aromatic N) is 4. The van der Waals surface area contributed by atoms with Gasteiger partial charge in [0.1, 0.15) is 11.4 Å². The first-order chi connectivity index (χ1) is 12.1. The van der Waals surface area contributed by atoms with Crippen molar-refractivity contribution < 1.29 is 4.79 Å². The Balaban J connectivity index is 2.05.